The second-order valence-corrected chi connectivity index (χ2v) is 5.45. The van der Waals surface area contributed by atoms with Crippen LogP contribution in [0.15, 0.2) is 41.9 Å². The predicted molar refractivity (Wildman–Crippen MR) is 82.4 cm³/mol. The van der Waals surface area contributed by atoms with Crippen molar-refractivity contribution in [3.8, 4) is 11.3 Å². The maximum atomic E-state index is 10.5. The summed E-state index contributed by atoms with van der Waals surface area (Å²) >= 11 is 1.64. The first kappa shape index (κ1) is 14.4. The van der Waals surface area contributed by atoms with Gasteiger partial charge in [-0.25, -0.2) is 4.98 Å². The van der Waals surface area contributed by atoms with Crippen LogP contribution in [0.3, 0.4) is 0 Å². The summed E-state index contributed by atoms with van der Waals surface area (Å²) in [6.45, 7) is 5.86. The molecule has 5 heteroatoms. The van der Waals surface area contributed by atoms with Crippen LogP contribution in [0.4, 0.5) is 0 Å². The van der Waals surface area contributed by atoms with Crippen LogP contribution in [0.1, 0.15) is 16.6 Å². The minimum atomic E-state index is -0.105. The summed E-state index contributed by atoms with van der Waals surface area (Å²) in [5.41, 5.74) is 3.74. The lowest BCUT2D eigenvalue weighted by molar-refractivity contribution is -0.109. The van der Waals surface area contributed by atoms with E-state index in [1.807, 2.05) is 43.6 Å². The number of thiazole rings is 1. The molecule has 1 amide bonds. The van der Waals surface area contributed by atoms with E-state index in [0.717, 1.165) is 21.8 Å². The maximum absolute atomic E-state index is 10.5. The zero-order valence-electron chi connectivity index (χ0n) is 11.5. The number of aryl methyl sites for hydroxylation is 1. The Morgan fingerprint density at radius 2 is 2.10 bits per heavy atom. The lowest BCUT2D eigenvalue weighted by Gasteiger charge is -2.18. The van der Waals surface area contributed by atoms with Crippen molar-refractivity contribution in [2.24, 2.45) is 0 Å². The van der Waals surface area contributed by atoms with Gasteiger partial charge in [-0.3, -0.25) is 4.79 Å². The average Bonchev–Trinajstić information content (AvgIpc) is 2.87. The molecule has 0 aliphatic heterocycles. The molecule has 1 atom stereocenters. The second kappa shape index (κ2) is 6.45. The zero-order valence-corrected chi connectivity index (χ0v) is 12.3. The third-order valence-corrected chi connectivity index (χ3v) is 3.81. The van der Waals surface area contributed by atoms with Gasteiger partial charge in [0.25, 0.3) is 0 Å². The SMILES string of the molecule is C=C(NC=O)C(NC)c1ccc(-c2csc(C)n2)cc1. The highest BCUT2D eigenvalue weighted by Gasteiger charge is 2.13. The molecule has 1 aromatic heterocycles. The van der Waals surface area contributed by atoms with Crippen LogP contribution in [-0.4, -0.2) is 18.4 Å². The standard InChI is InChI=1S/C15H17N3OS/c1-10(17-9-19)15(16-3)13-6-4-12(5-7-13)14-8-20-11(2)18-14/h4-9,15-16H,1H2,2-3H3,(H,17,19). The molecule has 0 aliphatic carbocycles. The van der Waals surface area contributed by atoms with Crippen molar-refractivity contribution >= 4 is 17.7 Å². The van der Waals surface area contributed by atoms with Gasteiger partial charge in [-0.05, 0) is 19.5 Å². The normalized spacial score (nSPS) is 11.9. The molecule has 0 saturated carbocycles. The number of rotatable bonds is 6. The van der Waals surface area contributed by atoms with Crippen molar-refractivity contribution in [3.05, 3.63) is 52.5 Å². The Balaban J connectivity index is 2.22. The number of carbonyl (C=O) groups is 1. The third-order valence-electron chi connectivity index (χ3n) is 3.04. The molecule has 1 unspecified atom stereocenters. The van der Waals surface area contributed by atoms with Crippen LogP contribution < -0.4 is 10.6 Å². The first-order chi connectivity index (χ1) is 9.65. The number of nitrogens with zero attached hydrogens (tertiary/aromatic N) is 1. The first-order valence-corrected chi connectivity index (χ1v) is 7.12. The summed E-state index contributed by atoms with van der Waals surface area (Å²) in [5.74, 6) is 0. The number of carbonyl (C=O) groups excluding carboxylic acids is 1. The Bertz CT molecular complexity index is 604. The third kappa shape index (κ3) is 3.12. The van der Waals surface area contributed by atoms with Crippen molar-refractivity contribution in [1.29, 1.82) is 0 Å². The molecule has 104 valence electrons. The van der Waals surface area contributed by atoms with Crippen molar-refractivity contribution in [3.63, 3.8) is 0 Å². The Morgan fingerprint density at radius 3 is 2.60 bits per heavy atom. The summed E-state index contributed by atoms with van der Waals surface area (Å²) < 4.78 is 0. The molecule has 0 radical (unpaired) electrons. The Morgan fingerprint density at radius 1 is 1.40 bits per heavy atom. The second-order valence-electron chi connectivity index (χ2n) is 4.38. The Labute approximate surface area is 122 Å². The molecule has 1 heterocycles. The number of hydrogen-bond donors (Lipinski definition) is 2. The van der Waals surface area contributed by atoms with Gasteiger partial charge in [-0.1, -0.05) is 30.8 Å². The van der Waals surface area contributed by atoms with Gasteiger partial charge in [0, 0.05) is 16.6 Å². The van der Waals surface area contributed by atoms with Crippen molar-refractivity contribution in [2.75, 3.05) is 7.05 Å². The minimum Gasteiger partial charge on any atom is -0.331 e. The number of benzene rings is 1. The Kier molecular flexibility index (Phi) is 4.65. The molecule has 0 fully saturated rings. The lowest BCUT2D eigenvalue weighted by atomic mass is 10.0. The minimum absolute atomic E-state index is 0.105. The first-order valence-electron chi connectivity index (χ1n) is 6.24. The van der Waals surface area contributed by atoms with E-state index in [1.165, 1.54) is 0 Å². The largest absolute Gasteiger partial charge is 0.331 e. The zero-order chi connectivity index (χ0) is 14.5. The lowest BCUT2D eigenvalue weighted by Crippen LogP contribution is -2.25. The maximum Gasteiger partial charge on any atom is 0.211 e. The highest BCUT2D eigenvalue weighted by molar-refractivity contribution is 7.09. The molecule has 0 saturated heterocycles. The molecular formula is C15H17N3OS. The quantitative estimate of drug-likeness (QED) is 0.803. The number of aromatic nitrogens is 1. The summed E-state index contributed by atoms with van der Waals surface area (Å²) in [5, 5.41) is 8.83. The van der Waals surface area contributed by atoms with E-state index in [1.54, 1.807) is 11.3 Å². The van der Waals surface area contributed by atoms with E-state index in [0.29, 0.717) is 12.1 Å². The van der Waals surface area contributed by atoms with Gasteiger partial charge in [0.05, 0.1) is 16.7 Å². The number of hydrogen-bond acceptors (Lipinski definition) is 4. The van der Waals surface area contributed by atoms with E-state index in [4.69, 9.17) is 0 Å². The molecule has 0 aliphatic rings. The van der Waals surface area contributed by atoms with E-state index in [9.17, 15) is 4.79 Å². The van der Waals surface area contributed by atoms with E-state index in [-0.39, 0.29) is 6.04 Å². The molecular weight excluding hydrogens is 270 g/mol. The van der Waals surface area contributed by atoms with Crippen molar-refractivity contribution < 1.29 is 4.79 Å². The fourth-order valence-electron chi connectivity index (χ4n) is 2.04. The highest BCUT2D eigenvalue weighted by atomic mass is 32.1. The fourth-order valence-corrected chi connectivity index (χ4v) is 2.67. The van der Waals surface area contributed by atoms with E-state index < -0.39 is 0 Å². The van der Waals surface area contributed by atoms with E-state index >= 15 is 0 Å². The van der Waals surface area contributed by atoms with Crippen LogP contribution in [0.25, 0.3) is 11.3 Å². The molecule has 0 bridgehead atoms. The number of nitrogens with one attached hydrogen (secondary N) is 2. The fraction of sp³-hybridized carbons (Fsp3) is 0.200. The number of amides is 1. The monoisotopic (exact) mass is 287 g/mol. The van der Waals surface area contributed by atoms with Crippen LogP contribution in [0.5, 0.6) is 0 Å². The van der Waals surface area contributed by atoms with Crippen LogP contribution in [0.2, 0.25) is 0 Å². The molecule has 2 aromatic rings. The van der Waals surface area contributed by atoms with Gasteiger partial charge in [-0.2, -0.15) is 0 Å². The summed E-state index contributed by atoms with van der Waals surface area (Å²) in [6.07, 6.45) is 0.638. The average molecular weight is 287 g/mol. The summed E-state index contributed by atoms with van der Waals surface area (Å²) in [4.78, 5) is 15.0. The van der Waals surface area contributed by atoms with Crippen LogP contribution >= 0.6 is 11.3 Å². The number of likely N-dealkylation sites (N-methyl/N-ethyl adjacent to an activating group) is 1. The van der Waals surface area contributed by atoms with Crippen molar-refractivity contribution in [2.45, 2.75) is 13.0 Å². The van der Waals surface area contributed by atoms with Gasteiger partial charge < -0.3 is 10.6 Å². The molecule has 2 rings (SSSR count). The molecule has 20 heavy (non-hydrogen) atoms. The van der Waals surface area contributed by atoms with Crippen LogP contribution in [-0.2, 0) is 4.79 Å². The summed E-state index contributed by atoms with van der Waals surface area (Å²) in [6, 6.07) is 7.99. The molecule has 2 N–H and O–H groups in total. The predicted octanol–water partition coefficient (Wildman–Crippen LogP) is 2.64. The smallest absolute Gasteiger partial charge is 0.211 e. The van der Waals surface area contributed by atoms with Crippen molar-refractivity contribution in [1.82, 2.24) is 15.6 Å². The topological polar surface area (TPSA) is 54.0 Å². The van der Waals surface area contributed by atoms with Gasteiger partial charge in [0.15, 0.2) is 0 Å². The molecule has 4 nitrogen and oxygen atoms in total. The summed E-state index contributed by atoms with van der Waals surface area (Å²) in [7, 11) is 1.83. The van der Waals surface area contributed by atoms with Gasteiger partial charge >= 0.3 is 0 Å². The molecule has 1 aromatic carbocycles. The van der Waals surface area contributed by atoms with Crippen LogP contribution in [0, 0.1) is 6.92 Å². The van der Waals surface area contributed by atoms with Gasteiger partial charge in [0.2, 0.25) is 6.41 Å². The van der Waals surface area contributed by atoms with Gasteiger partial charge in [-0.15, -0.1) is 11.3 Å². The van der Waals surface area contributed by atoms with E-state index in [2.05, 4.69) is 22.2 Å². The highest BCUT2D eigenvalue weighted by Crippen LogP contribution is 2.25. The Hall–Kier alpha value is -1.98. The molecule has 0 spiro atoms. The van der Waals surface area contributed by atoms with Gasteiger partial charge in [0.1, 0.15) is 0 Å².